The molecule has 0 aliphatic rings. The highest BCUT2D eigenvalue weighted by Crippen LogP contribution is 2.17. The van der Waals surface area contributed by atoms with Crippen LogP contribution in [0.15, 0.2) is 65.1 Å². The summed E-state index contributed by atoms with van der Waals surface area (Å²) >= 11 is 0. The average molecular weight is 401 g/mol. The van der Waals surface area contributed by atoms with Crippen molar-refractivity contribution in [3.05, 3.63) is 83.8 Å². The highest BCUT2D eigenvalue weighted by atomic mass is 19.1. The molecule has 1 atom stereocenters. The Hall–Kier alpha value is -3.68. The van der Waals surface area contributed by atoms with Gasteiger partial charge in [-0.2, -0.15) is 0 Å². The van der Waals surface area contributed by atoms with Crippen LogP contribution in [0.3, 0.4) is 0 Å². The van der Waals surface area contributed by atoms with Gasteiger partial charge in [0, 0.05) is 6.07 Å². The van der Waals surface area contributed by atoms with Gasteiger partial charge in [0.1, 0.15) is 29.8 Å². The molecule has 0 unspecified atom stereocenters. The molecule has 0 fully saturated rings. The summed E-state index contributed by atoms with van der Waals surface area (Å²) in [5.41, 5.74) is -0.351. The minimum Gasteiger partial charge on any atom is -0.486 e. The van der Waals surface area contributed by atoms with Crippen LogP contribution in [-0.4, -0.2) is 18.0 Å². The van der Waals surface area contributed by atoms with E-state index in [1.54, 1.807) is 18.2 Å². The third-order valence-corrected chi connectivity index (χ3v) is 3.83. The van der Waals surface area contributed by atoms with Crippen LogP contribution < -0.4 is 10.1 Å². The first-order chi connectivity index (χ1) is 13.9. The van der Waals surface area contributed by atoms with Gasteiger partial charge in [-0.05, 0) is 43.3 Å². The van der Waals surface area contributed by atoms with Crippen molar-refractivity contribution >= 4 is 17.6 Å². The Kier molecular flexibility index (Phi) is 6.23. The molecule has 3 aromatic rings. The monoisotopic (exact) mass is 401 g/mol. The lowest BCUT2D eigenvalue weighted by molar-refractivity contribution is -0.123. The maximum atomic E-state index is 13.6. The molecule has 1 amide bonds. The maximum Gasteiger partial charge on any atom is 0.375 e. The van der Waals surface area contributed by atoms with E-state index in [0.29, 0.717) is 11.5 Å². The summed E-state index contributed by atoms with van der Waals surface area (Å²) in [5.74, 6) is -2.31. The number of hydrogen-bond acceptors (Lipinski definition) is 5. The Morgan fingerprint density at radius 1 is 1.07 bits per heavy atom. The lowest BCUT2D eigenvalue weighted by Gasteiger charge is -2.13. The number of esters is 1. The van der Waals surface area contributed by atoms with Crippen LogP contribution in [0.1, 0.15) is 23.2 Å². The van der Waals surface area contributed by atoms with Gasteiger partial charge in [0.05, 0.1) is 5.69 Å². The smallest absolute Gasteiger partial charge is 0.375 e. The number of carbonyl (C=O) groups excluding carboxylic acids is 2. The van der Waals surface area contributed by atoms with Crippen molar-refractivity contribution in [1.82, 2.24) is 0 Å². The van der Waals surface area contributed by atoms with Crippen molar-refractivity contribution in [2.45, 2.75) is 19.6 Å². The number of carbonyl (C=O) groups is 2. The van der Waals surface area contributed by atoms with Crippen molar-refractivity contribution in [2.75, 3.05) is 5.32 Å². The molecule has 1 heterocycles. The topological polar surface area (TPSA) is 77.8 Å². The van der Waals surface area contributed by atoms with Gasteiger partial charge in [0.25, 0.3) is 5.91 Å². The van der Waals surface area contributed by atoms with E-state index in [2.05, 4.69) is 5.32 Å². The van der Waals surface area contributed by atoms with Crippen LogP contribution >= 0.6 is 0 Å². The maximum absolute atomic E-state index is 13.6. The summed E-state index contributed by atoms with van der Waals surface area (Å²) in [4.78, 5) is 24.2. The molecule has 0 saturated carbocycles. The Morgan fingerprint density at radius 3 is 2.59 bits per heavy atom. The van der Waals surface area contributed by atoms with E-state index in [1.165, 1.54) is 13.0 Å². The lowest BCUT2D eigenvalue weighted by atomic mass is 10.2. The van der Waals surface area contributed by atoms with E-state index >= 15 is 0 Å². The predicted octanol–water partition coefficient (Wildman–Crippen LogP) is 4.32. The summed E-state index contributed by atoms with van der Waals surface area (Å²) in [6, 6.07) is 14.6. The second-order valence-corrected chi connectivity index (χ2v) is 6.03. The first-order valence-electron chi connectivity index (χ1n) is 8.66. The zero-order valence-corrected chi connectivity index (χ0v) is 15.4. The van der Waals surface area contributed by atoms with E-state index in [-0.39, 0.29) is 18.1 Å². The SMILES string of the molecule is C[C@H](OC(=O)c1ccc(COc2ccccc2)o1)C(=O)Nc1cc(F)ccc1F. The van der Waals surface area contributed by atoms with Gasteiger partial charge in [-0.25, -0.2) is 13.6 Å². The third-order valence-electron chi connectivity index (χ3n) is 3.83. The van der Waals surface area contributed by atoms with Crippen molar-refractivity contribution in [2.24, 2.45) is 0 Å². The second kappa shape index (κ2) is 9.01. The molecule has 0 saturated heterocycles. The first-order valence-corrected chi connectivity index (χ1v) is 8.66. The van der Waals surface area contributed by atoms with Gasteiger partial charge in [-0.1, -0.05) is 18.2 Å². The minimum absolute atomic E-state index is 0.103. The van der Waals surface area contributed by atoms with Gasteiger partial charge >= 0.3 is 5.97 Å². The molecule has 1 aromatic heterocycles. The van der Waals surface area contributed by atoms with Gasteiger partial charge in [-0.15, -0.1) is 0 Å². The fraction of sp³-hybridized carbons (Fsp3) is 0.143. The molecule has 29 heavy (non-hydrogen) atoms. The molecule has 0 radical (unpaired) electrons. The van der Waals surface area contributed by atoms with Gasteiger partial charge in [-0.3, -0.25) is 4.79 Å². The number of amides is 1. The highest BCUT2D eigenvalue weighted by Gasteiger charge is 2.22. The van der Waals surface area contributed by atoms with Crippen LogP contribution in [0.25, 0.3) is 0 Å². The minimum atomic E-state index is -1.26. The summed E-state index contributed by atoms with van der Waals surface area (Å²) in [6.45, 7) is 1.40. The van der Waals surface area contributed by atoms with Crippen molar-refractivity contribution in [3.63, 3.8) is 0 Å². The Balaban J connectivity index is 1.54. The van der Waals surface area contributed by atoms with E-state index in [4.69, 9.17) is 13.9 Å². The zero-order valence-electron chi connectivity index (χ0n) is 15.4. The van der Waals surface area contributed by atoms with E-state index < -0.39 is 29.6 Å². The number of nitrogens with one attached hydrogen (secondary N) is 1. The van der Waals surface area contributed by atoms with Crippen LogP contribution in [0.5, 0.6) is 5.75 Å². The van der Waals surface area contributed by atoms with Gasteiger partial charge in [0.15, 0.2) is 6.10 Å². The molecule has 3 rings (SSSR count). The number of anilines is 1. The molecule has 0 aliphatic heterocycles. The fourth-order valence-corrected chi connectivity index (χ4v) is 2.34. The number of para-hydroxylation sites is 1. The lowest BCUT2D eigenvalue weighted by Crippen LogP contribution is -2.30. The molecule has 0 bridgehead atoms. The number of halogens is 2. The molecule has 0 aliphatic carbocycles. The standard InChI is InChI=1S/C21H17F2NO5/c1-13(20(25)24-18-11-14(22)7-9-17(18)23)28-21(26)19-10-8-16(29-19)12-27-15-5-3-2-4-6-15/h2-11,13H,12H2,1H3,(H,24,25)/t13-/m0/s1. The molecular formula is C21H17F2NO5. The Labute approximate surface area is 165 Å². The molecule has 6 nitrogen and oxygen atoms in total. The number of benzene rings is 2. The quantitative estimate of drug-likeness (QED) is 0.597. The van der Waals surface area contributed by atoms with Gasteiger partial charge in [0.2, 0.25) is 5.76 Å². The zero-order chi connectivity index (χ0) is 20.8. The normalized spacial score (nSPS) is 11.6. The molecule has 8 heteroatoms. The molecule has 150 valence electrons. The summed E-state index contributed by atoms with van der Waals surface area (Å²) in [6.07, 6.45) is -1.26. The van der Waals surface area contributed by atoms with Crippen molar-refractivity contribution in [3.8, 4) is 5.75 Å². The van der Waals surface area contributed by atoms with Gasteiger partial charge < -0.3 is 19.2 Å². The predicted molar refractivity (Wildman–Crippen MR) is 99.3 cm³/mol. The first kappa shape index (κ1) is 20.1. The fourth-order valence-electron chi connectivity index (χ4n) is 2.34. The number of ether oxygens (including phenoxy) is 2. The van der Waals surface area contributed by atoms with E-state index in [0.717, 1.165) is 18.2 Å². The van der Waals surface area contributed by atoms with Crippen LogP contribution in [-0.2, 0) is 16.1 Å². The largest absolute Gasteiger partial charge is 0.486 e. The highest BCUT2D eigenvalue weighted by molar-refractivity contribution is 5.96. The van der Waals surface area contributed by atoms with E-state index in [1.807, 2.05) is 18.2 Å². The van der Waals surface area contributed by atoms with Crippen LogP contribution in [0, 0.1) is 11.6 Å². The number of hydrogen-bond donors (Lipinski definition) is 1. The molecule has 2 aromatic carbocycles. The Bertz CT molecular complexity index is 1000. The van der Waals surface area contributed by atoms with Crippen molar-refractivity contribution < 1.29 is 32.3 Å². The second-order valence-electron chi connectivity index (χ2n) is 6.03. The third kappa shape index (κ3) is 5.41. The summed E-state index contributed by atoms with van der Waals surface area (Å²) in [5, 5.41) is 2.17. The molecule has 1 N–H and O–H groups in total. The molecular weight excluding hydrogens is 384 g/mol. The van der Waals surface area contributed by atoms with Crippen LogP contribution in [0.4, 0.5) is 14.5 Å². The molecule has 0 spiro atoms. The average Bonchev–Trinajstić information content (AvgIpc) is 3.19. The van der Waals surface area contributed by atoms with Crippen LogP contribution in [0.2, 0.25) is 0 Å². The number of furan rings is 1. The Morgan fingerprint density at radius 2 is 1.83 bits per heavy atom. The summed E-state index contributed by atoms with van der Waals surface area (Å²) in [7, 11) is 0. The number of rotatable bonds is 7. The van der Waals surface area contributed by atoms with Crippen molar-refractivity contribution in [1.29, 1.82) is 0 Å². The van der Waals surface area contributed by atoms with E-state index in [9.17, 15) is 18.4 Å². The summed E-state index contributed by atoms with van der Waals surface area (Å²) < 4.78 is 42.7.